The molecule has 0 fully saturated rings. The van der Waals surface area contributed by atoms with Crippen LogP contribution >= 0.6 is 0 Å². The molecule has 0 N–H and O–H groups in total. The minimum Gasteiger partial charge on any atom is -0.0885 e. The van der Waals surface area contributed by atoms with E-state index in [2.05, 4.69) is 38.2 Å². The zero-order chi connectivity index (χ0) is 21.1. The SMILES string of the molecule is CCCCCC=CCCCCCCCCCCCCCCC=CCCCCCC. The van der Waals surface area contributed by atoms with Gasteiger partial charge in [0.05, 0.1) is 0 Å². The summed E-state index contributed by atoms with van der Waals surface area (Å²) in [6.07, 6.45) is 41.9. The summed E-state index contributed by atoms with van der Waals surface area (Å²) < 4.78 is 0. The molecule has 0 saturated heterocycles. The van der Waals surface area contributed by atoms with E-state index >= 15 is 0 Å². The van der Waals surface area contributed by atoms with E-state index in [1.54, 1.807) is 0 Å². The molecule has 0 aliphatic heterocycles. The Kier molecular flexibility index (Phi) is 27.0. The van der Waals surface area contributed by atoms with Crippen LogP contribution in [0.1, 0.15) is 162 Å². The van der Waals surface area contributed by atoms with Gasteiger partial charge in [-0.1, -0.05) is 134 Å². The first kappa shape index (κ1) is 28.5. The first-order valence-electron chi connectivity index (χ1n) is 13.7. The largest absolute Gasteiger partial charge is 0.0885 e. The van der Waals surface area contributed by atoms with Crippen LogP contribution in [0, 0.1) is 0 Å². The van der Waals surface area contributed by atoms with Gasteiger partial charge in [-0.15, -0.1) is 0 Å². The minimum absolute atomic E-state index is 1.30. The summed E-state index contributed by atoms with van der Waals surface area (Å²) in [5, 5.41) is 0. The molecule has 0 aromatic carbocycles. The van der Waals surface area contributed by atoms with E-state index in [1.165, 1.54) is 148 Å². The molecule has 0 heteroatoms. The van der Waals surface area contributed by atoms with Crippen molar-refractivity contribution in [1.29, 1.82) is 0 Å². The lowest BCUT2D eigenvalue weighted by Gasteiger charge is -2.02. The molecule has 0 amide bonds. The molecule has 0 spiro atoms. The van der Waals surface area contributed by atoms with Crippen LogP contribution in [0.15, 0.2) is 24.3 Å². The van der Waals surface area contributed by atoms with Gasteiger partial charge >= 0.3 is 0 Å². The van der Waals surface area contributed by atoms with Crippen molar-refractivity contribution in [2.45, 2.75) is 162 Å². The van der Waals surface area contributed by atoms with E-state index in [0.29, 0.717) is 0 Å². The molecule has 0 radical (unpaired) electrons. The van der Waals surface area contributed by atoms with Crippen LogP contribution in [0.4, 0.5) is 0 Å². The molecule has 0 bridgehead atoms. The van der Waals surface area contributed by atoms with Crippen molar-refractivity contribution in [1.82, 2.24) is 0 Å². The van der Waals surface area contributed by atoms with Crippen LogP contribution < -0.4 is 0 Å². The summed E-state index contributed by atoms with van der Waals surface area (Å²) in [6.45, 7) is 4.56. The van der Waals surface area contributed by atoms with Crippen LogP contribution in [0.3, 0.4) is 0 Å². The lowest BCUT2D eigenvalue weighted by Crippen LogP contribution is -1.83. The topological polar surface area (TPSA) is 0 Å². The van der Waals surface area contributed by atoms with E-state index in [4.69, 9.17) is 0 Å². The van der Waals surface area contributed by atoms with E-state index in [0.717, 1.165) is 0 Å². The lowest BCUT2D eigenvalue weighted by atomic mass is 10.0. The van der Waals surface area contributed by atoms with Crippen molar-refractivity contribution in [2.24, 2.45) is 0 Å². The normalized spacial score (nSPS) is 11.9. The monoisotopic (exact) mass is 404 g/mol. The Bertz CT molecular complexity index is 325. The molecule has 0 aromatic rings. The highest BCUT2D eigenvalue weighted by Crippen LogP contribution is 2.13. The predicted octanol–water partition coefficient (Wildman–Crippen LogP) is 11.1. The van der Waals surface area contributed by atoms with Gasteiger partial charge in [-0.3, -0.25) is 0 Å². The summed E-state index contributed by atoms with van der Waals surface area (Å²) >= 11 is 0. The van der Waals surface area contributed by atoms with E-state index in [1.807, 2.05) is 0 Å². The number of hydrogen-bond donors (Lipinski definition) is 0. The number of rotatable bonds is 24. The number of unbranched alkanes of at least 4 members (excludes halogenated alkanes) is 20. The van der Waals surface area contributed by atoms with Gasteiger partial charge in [-0.25, -0.2) is 0 Å². The standard InChI is InChI=1S/C29H56/c1-3-5-7-9-11-13-15-17-19-21-23-25-27-29-28-26-24-22-20-18-16-14-12-10-8-6-4-2/h11,13-14,16H,3-10,12,15,17-29H2,1-2H3. The summed E-state index contributed by atoms with van der Waals surface area (Å²) in [5.74, 6) is 0. The van der Waals surface area contributed by atoms with Crippen LogP contribution in [0.2, 0.25) is 0 Å². The third-order valence-electron chi connectivity index (χ3n) is 6.02. The fraction of sp³-hybridized carbons (Fsp3) is 0.862. The fourth-order valence-corrected chi connectivity index (χ4v) is 3.96. The van der Waals surface area contributed by atoms with E-state index < -0.39 is 0 Å². The van der Waals surface area contributed by atoms with Crippen LogP contribution in [0.25, 0.3) is 0 Å². The van der Waals surface area contributed by atoms with Gasteiger partial charge in [-0.2, -0.15) is 0 Å². The highest BCUT2D eigenvalue weighted by atomic mass is 14.0. The van der Waals surface area contributed by atoms with Crippen molar-refractivity contribution >= 4 is 0 Å². The van der Waals surface area contributed by atoms with Crippen molar-refractivity contribution in [3.63, 3.8) is 0 Å². The van der Waals surface area contributed by atoms with Gasteiger partial charge in [-0.05, 0) is 51.4 Å². The Balaban J connectivity index is 3.07. The van der Waals surface area contributed by atoms with Gasteiger partial charge in [0, 0.05) is 0 Å². The maximum Gasteiger partial charge on any atom is -0.0351 e. The Morgan fingerprint density at radius 2 is 0.483 bits per heavy atom. The number of hydrogen-bond acceptors (Lipinski definition) is 0. The molecule has 0 saturated carbocycles. The molecule has 0 aliphatic carbocycles. The second kappa shape index (κ2) is 27.5. The first-order chi connectivity index (χ1) is 14.4. The molecule has 0 unspecified atom stereocenters. The fourth-order valence-electron chi connectivity index (χ4n) is 3.96. The summed E-state index contributed by atoms with van der Waals surface area (Å²) in [4.78, 5) is 0. The smallest absolute Gasteiger partial charge is 0.0351 e. The van der Waals surface area contributed by atoms with Gasteiger partial charge in [0.2, 0.25) is 0 Å². The molecular weight excluding hydrogens is 348 g/mol. The Morgan fingerprint density at radius 1 is 0.276 bits per heavy atom. The minimum atomic E-state index is 1.30. The van der Waals surface area contributed by atoms with E-state index in [-0.39, 0.29) is 0 Å². The first-order valence-corrected chi connectivity index (χ1v) is 13.7. The average Bonchev–Trinajstić information content (AvgIpc) is 2.74. The van der Waals surface area contributed by atoms with Crippen molar-refractivity contribution in [2.75, 3.05) is 0 Å². The highest BCUT2D eigenvalue weighted by molar-refractivity contribution is 4.81. The van der Waals surface area contributed by atoms with Gasteiger partial charge in [0.15, 0.2) is 0 Å². The predicted molar refractivity (Wildman–Crippen MR) is 136 cm³/mol. The van der Waals surface area contributed by atoms with Crippen molar-refractivity contribution in [3.05, 3.63) is 24.3 Å². The summed E-state index contributed by atoms with van der Waals surface area (Å²) in [5.41, 5.74) is 0. The summed E-state index contributed by atoms with van der Waals surface area (Å²) in [7, 11) is 0. The second-order valence-corrected chi connectivity index (χ2v) is 9.11. The van der Waals surface area contributed by atoms with Crippen LogP contribution in [-0.4, -0.2) is 0 Å². The third-order valence-corrected chi connectivity index (χ3v) is 6.02. The quantitative estimate of drug-likeness (QED) is 0.111. The Hall–Kier alpha value is -0.520. The zero-order valence-corrected chi connectivity index (χ0v) is 20.6. The molecule has 0 aromatic heterocycles. The molecule has 0 heterocycles. The molecule has 0 atom stereocenters. The zero-order valence-electron chi connectivity index (χ0n) is 20.6. The molecule has 0 nitrogen and oxygen atoms in total. The van der Waals surface area contributed by atoms with Crippen molar-refractivity contribution in [3.8, 4) is 0 Å². The highest BCUT2D eigenvalue weighted by Gasteiger charge is 1.94. The number of allylic oxidation sites excluding steroid dienone is 4. The lowest BCUT2D eigenvalue weighted by molar-refractivity contribution is 0.542. The van der Waals surface area contributed by atoms with Gasteiger partial charge in [0.25, 0.3) is 0 Å². The Labute approximate surface area is 186 Å². The van der Waals surface area contributed by atoms with Crippen LogP contribution in [0.5, 0.6) is 0 Å². The van der Waals surface area contributed by atoms with Gasteiger partial charge < -0.3 is 0 Å². The molecule has 172 valence electrons. The van der Waals surface area contributed by atoms with Crippen LogP contribution in [-0.2, 0) is 0 Å². The maximum atomic E-state index is 2.43. The third kappa shape index (κ3) is 27.5. The maximum absolute atomic E-state index is 2.43. The molecule has 29 heavy (non-hydrogen) atoms. The second-order valence-electron chi connectivity index (χ2n) is 9.11. The van der Waals surface area contributed by atoms with Gasteiger partial charge in [0.1, 0.15) is 0 Å². The average molecular weight is 405 g/mol. The summed E-state index contributed by atoms with van der Waals surface area (Å²) in [6, 6.07) is 0. The van der Waals surface area contributed by atoms with E-state index in [9.17, 15) is 0 Å². The molecule has 0 aliphatic rings. The van der Waals surface area contributed by atoms with Crippen molar-refractivity contribution < 1.29 is 0 Å². The molecule has 0 rings (SSSR count). The molecular formula is C29H56. The Morgan fingerprint density at radius 3 is 0.793 bits per heavy atom.